The van der Waals surface area contributed by atoms with Crippen molar-refractivity contribution < 1.29 is 13.9 Å². The van der Waals surface area contributed by atoms with E-state index in [1.807, 2.05) is 39.8 Å². The van der Waals surface area contributed by atoms with Gasteiger partial charge in [-0.25, -0.2) is 4.79 Å². The van der Waals surface area contributed by atoms with Crippen molar-refractivity contribution in [3.63, 3.8) is 0 Å². The number of ether oxygens (including phenoxy) is 1. The van der Waals surface area contributed by atoms with Gasteiger partial charge in [-0.2, -0.15) is 0 Å². The first-order chi connectivity index (χ1) is 12.7. The van der Waals surface area contributed by atoms with Crippen molar-refractivity contribution in [1.29, 1.82) is 0 Å². The predicted molar refractivity (Wildman–Crippen MR) is 107 cm³/mol. The fourth-order valence-electron chi connectivity index (χ4n) is 2.43. The Morgan fingerprint density at radius 1 is 1.30 bits per heavy atom. The molecule has 148 valence electrons. The maximum Gasteiger partial charge on any atom is 0.408 e. The van der Waals surface area contributed by atoms with Gasteiger partial charge >= 0.3 is 6.09 Å². The van der Waals surface area contributed by atoms with E-state index in [1.54, 1.807) is 0 Å². The van der Waals surface area contributed by atoms with Crippen LogP contribution in [0.15, 0.2) is 33.9 Å². The van der Waals surface area contributed by atoms with Gasteiger partial charge in [-0.1, -0.05) is 56.3 Å². The molecule has 0 aliphatic rings. The first-order valence-electron chi connectivity index (χ1n) is 9.19. The Morgan fingerprint density at radius 2 is 2.00 bits per heavy atom. The number of amides is 1. The first kappa shape index (κ1) is 21.3. The summed E-state index contributed by atoms with van der Waals surface area (Å²) in [6, 6.07) is 7.83. The minimum atomic E-state index is -0.562. The average molecular weight is 392 g/mol. The highest BCUT2D eigenvalue weighted by Gasteiger charge is 2.28. The lowest BCUT2D eigenvalue weighted by Crippen LogP contribution is -2.37. The summed E-state index contributed by atoms with van der Waals surface area (Å²) in [6.07, 6.45) is 0.370. The summed E-state index contributed by atoms with van der Waals surface area (Å²) in [6.45, 7) is 11.7. The molecule has 0 spiro atoms. The molecule has 0 aliphatic carbocycles. The fraction of sp³-hybridized carbons (Fsp3) is 0.550. The maximum atomic E-state index is 12.2. The summed E-state index contributed by atoms with van der Waals surface area (Å²) < 4.78 is 11.2. The molecular formula is C20H29N3O3S. The van der Waals surface area contributed by atoms with Crippen LogP contribution in [0.25, 0.3) is 0 Å². The number of alkyl carbamates (subject to hydrolysis) is 1. The summed E-state index contributed by atoms with van der Waals surface area (Å²) >= 11 is 1.49. The van der Waals surface area contributed by atoms with Crippen molar-refractivity contribution in [3.05, 3.63) is 41.3 Å². The molecule has 0 radical (unpaired) electrons. The topological polar surface area (TPSA) is 77.2 Å². The summed E-state index contributed by atoms with van der Waals surface area (Å²) in [5.41, 5.74) is 1.90. The van der Waals surface area contributed by atoms with Crippen molar-refractivity contribution in [2.75, 3.05) is 0 Å². The van der Waals surface area contributed by atoms with Gasteiger partial charge in [0.15, 0.2) is 0 Å². The molecule has 1 aromatic carbocycles. The molecule has 0 unspecified atom stereocenters. The standard InChI is InChI=1S/C20H29N3O3S/c1-7-13(2)16(21-18(24)26-20(4,5)6)17-22-23-19(25-17)27-12-15-11-9-8-10-14(15)3/h8-11,13,16H,7,12H2,1-6H3,(H,21,24)/t13-,16+/m1/s1. The van der Waals surface area contributed by atoms with Crippen LogP contribution in [-0.2, 0) is 10.5 Å². The van der Waals surface area contributed by atoms with Crippen LogP contribution in [0, 0.1) is 12.8 Å². The van der Waals surface area contributed by atoms with Gasteiger partial charge in [0.2, 0.25) is 5.89 Å². The molecule has 1 aromatic heterocycles. The molecule has 0 fully saturated rings. The van der Waals surface area contributed by atoms with Gasteiger partial charge in [-0.15, -0.1) is 10.2 Å². The van der Waals surface area contributed by atoms with Gasteiger partial charge in [0.05, 0.1) is 0 Å². The molecule has 0 aliphatic heterocycles. The van der Waals surface area contributed by atoms with Crippen LogP contribution in [0.3, 0.4) is 0 Å². The second-order valence-corrected chi connectivity index (χ2v) is 8.56. The number of aromatic nitrogens is 2. The predicted octanol–water partition coefficient (Wildman–Crippen LogP) is 5.28. The van der Waals surface area contributed by atoms with Gasteiger partial charge in [-0.05, 0) is 44.7 Å². The van der Waals surface area contributed by atoms with Gasteiger partial charge in [0.1, 0.15) is 11.6 Å². The molecule has 0 saturated heterocycles. The minimum Gasteiger partial charge on any atom is -0.444 e. The van der Waals surface area contributed by atoms with Gasteiger partial charge in [0, 0.05) is 5.75 Å². The number of carbonyl (C=O) groups is 1. The Hall–Kier alpha value is -2.02. The maximum absolute atomic E-state index is 12.2. The fourth-order valence-corrected chi connectivity index (χ4v) is 3.28. The van der Waals surface area contributed by atoms with Crippen LogP contribution in [0.4, 0.5) is 4.79 Å². The number of nitrogens with zero attached hydrogens (tertiary/aromatic N) is 2. The molecule has 1 amide bonds. The lowest BCUT2D eigenvalue weighted by Gasteiger charge is -2.24. The van der Waals surface area contributed by atoms with Crippen LogP contribution in [0.5, 0.6) is 0 Å². The normalized spacial score (nSPS) is 13.9. The van der Waals surface area contributed by atoms with Crippen molar-refractivity contribution in [3.8, 4) is 0 Å². The van der Waals surface area contributed by atoms with Crippen LogP contribution in [0.2, 0.25) is 0 Å². The van der Waals surface area contributed by atoms with Crippen molar-refractivity contribution >= 4 is 17.9 Å². The molecule has 2 atom stereocenters. The smallest absolute Gasteiger partial charge is 0.408 e. The highest BCUT2D eigenvalue weighted by molar-refractivity contribution is 7.98. The molecule has 0 bridgehead atoms. The number of rotatable bonds is 7. The largest absolute Gasteiger partial charge is 0.444 e. The van der Waals surface area contributed by atoms with E-state index in [1.165, 1.54) is 22.9 Å². The highest BCUT2D eigenvalue weighted by Crippen LogP contribution is 2.28. The van der Waals surface area contributed by atoms with E-state index in [4.69, 9.17) is 9.15 Å². The molecule has 0 saturated carbocycles. The number of benzene rings is 1. The Labute approximate surface area is 165 Å². The summed E-state index contributed by atoms with van der Waals surface area (Å²) in [5.74, 6) is 1.29. The third-order valence-corrected chi connectivity index (χ3v) is 5.05. The van der Waals surface area contributed by atoms with Crippen LogP contribution >= 0.6 is 11.8 Å². The Morgan fingerprint density at radius 3 is 2.63 bits per heavy atom. The van der Waals surface area contributed by atoms with Gasteiger partial charge < -0.3 is 14.5 Å². The lowest BCUT2D eigenvalue weighted by atomic mass is 9.99. The minimum absolute atomic E-state index is 0.132. The zero-order valence-electron chi connectivity index (χ0n) is 16.9. The van der Waals surface area contributed by atoms with E-state index < -0.39 is 11.7 Å². The number of thioether (sulfide) groups is 1. The van der Waals surface area contributed by atoms with Crippen LogP contribution in [0.1, 0.15) is 64.1 Å². The lowest BCUT2D eigenvalue weighted by molar-refractivity contribution is 0.0474. The molecule has 1 N–H and O–H groups in total. The van der Waals surface area contributed by atoms with Gasteiger partial charge in [0.25, 0.3) is 5.22 Å². The second-order valence-electron chi connectivity index (χ2n) is 7.63. The van der Waals surface area contributed by atoms with E-state index in [0.717, 1.165) is 12.2 Å². The molecule has 27 heavy (non-hydrogen) atoms. The molecule has 7 heteroatoms. The summed E-state index contributed by atoms with van der Waals surface area (Å²) in [5, 5.41) is 11.7. The Balaban J connectivity index is 2.06. The number of aryl methyl sites for hydroxylation is 1. The second kappa shape index (κ2) is 9.26. The molecule has 2 aromatic rings. The number of hydrogen-bond donors (Lipinski definition) is 1. The van der Waals surface area contributed by atoms with Crippen molar-refractivity contribution in [1.82, 2.24) is 15.5 Å². The first-order valence-corrected chi connectivity index (χ1v) is 10.2. The van der Waals surface area contributed by atoms with E-state index >= 15 is 0 Å². The number of hydrogen-bond acceptors (Lipinski definition) is 6. The molecule has 2 rings (SSSR count). The third-order valence-electron chi connectivity index (χ3n) is 4.19. The highest BCUT2D eigenvalue weighted by atomic mass is 32.2. The van der Waals surface area contributed by atoms with E-state index in [9.17, 15) is 4.79 Å². The zero-order chi connectivity index (χ0) is 20.0. The summed E-state index contributed by atoms with van der Waals surface area (Å²) in [4.78, 5) is 12.2. The van der Waals surface area contributed by atoms with Crippen LogP contribution in [-0.4, -0.2) is 21.9 Å². The quantitative estimate of drug-likeness (QED) is 0.647. The number of carbonyl (C=O) groups excluding carboxylic acids is 1. The molecule has 1 heterocycles. The third kappa shape index (κ3) is 6.57. The van der Waals surface area contributed by atoms with Crippen molar-refractivity contribution in [2.24, 2.45) is 5.92 Å². The van der Waals surface area contributed by atoms with E-state index in [2.05, 4.69) is 41.5 Å². The summed E-state index contributed by atoms with van der Waals surface area (Å²) in [7, 11) is 0. The van der Waals surface area contributed by atoms with E-state index in [-0.39, 0.29) is 12.0 Å². The van der Waals surface area contributed by atoms with E-state index in [0.29, 0.717) is 11.1 Å². The molecule has 6 nitrogen and oxygen atoms in total. The average Bonchev–Trinajstić information content (AvgIpc) is 3.05. The Kier molecular flexibility index (Phi) is 7.30. The Bertz CT molecular complexity index is 755. The van der Waals surface area contributed by atoms with Crippen LogP contribution < -0.4 is 5.32 Å². The monoisotopic (exact) mass is 391 g/mol. The molecular weight excluding hydrogens is 362 g/mol. The number of nitrogens with one attached hydrogen (secondary N) is 1. The van der Waals surface area contributed by atoms with Gasteiger partial charge in [-0.3, -0.25) is 0 Å². The van der Waals surface area contributed by atoms with Crippen molar-refractivity contribution in [2.45, 2.75) is 70.6 Å². The zero-order valence-corrected chi connectivity index (χ0v) is 17.7. The SMILES string of the molecule is CC[C@@H](C)[C@H](NC(=O)OC(C)(C)C)c1nnc(SCc2ccccc2C)o1.